The van der Waals surface area contributed by atoms with E-state index in [9.17, 15) is 4.79 Å². The number of allylic oxidation sites excluding steroid dienone is 1. The van der Waals surface area contributed by atoms with Crippen molar-refractivity contribution in [2.24, 2.45) is 7.05 Å². The number of hydrogen-bond donors (Lipinski definition) is 0. The van der Waals surface area contributed by atoms with Gasteiger partial charge in [-0.3, -0.25) is 9.48 Å². The molecular weight excluding hydrogens is 372 g/mol. The maximum Gasteiger partial charge on any atom is 0.206 e. The summed E-state index contributed by atoms with van der Waals surface area (Å²) >= 11 is 3.40. The Balaban J connectivity index is 1.59. The van der Waals surface area contributed by atoms with Gasteiger partial charge in [0.15, 0.2) is 0 Å². The number of carbonyl (C=O) groups is 1. The van der Waals surface area contributed by atoms with Crippen LogP contribution >= 0.6 is 15.9 Å². The molecule has 0 radical (unpaired) electrons. The number of aromatic nitrogens is 2. The second-order valence-corrected chi connectivity index (χ2v) is 6.04. The lowest BCUT2D eigenvalue weighted by atomic mass is 10.2. The third kappa shape index (κ3) is 4.23. The molecule has 3 rings (SSSR count). The largest absolute Gasteiger partial charge is 0.486 e. The van der Waals surface area contributed by atoms with Crippen molar-refractivity contribution in [1.29, 1.82) is 0 Å². The average Bonchev–Trinajstić information content (AvgIpc) is 3.20. The number of carbonyl (C=O) groups excluding carboxylic acids is 1. The molecule has 0 aliphatic carbocycles. The summed E-state index contributed by atoms with van der Waals surface area (Å²) in [5.74, 6) is 1.86. The predicted molar refractivity (Wildman–Crippen MR) is 93.8 cm³/mol. The average molecular weight is 387 g/mol. The van der Waals surface area contributed by atoms with E-state index in [2.05, 4.69) is 21.0 Å². The van der Waals surface area contributed by atoms with Gasteiger partial charge in [-0.25, -0.2) is 0 Å². The minimum Gasteiger partial charge on any atom is -0.486 e. The number of ether oxygens (including phenoxy) is 1. The molecule has 0 fully saturated rings. The lowest BCUT2D eigenvalue weighted by Crippen LogP contribution is -1.97. The highest BCUT2D eigenvalue weighted by atomic mass is 79.9. The third-order valence-corrected chi connectivity index (χ3v) is 3.72. The van der Waals surface area contributed by atoms with Crippen LogP contribution in [0.5, 0.6) is 5.75 Å². The van der Waals surface area contributed by atoms with Crippen LogP contribution in [0.15, 0.2) is 63.6 Å². The van der Waals surface area contributed by atoms with E-state index in [1.807, 2.05) is 30.3 Å². The Hall–Kier alpha value is -2.60. The second kappa shape index (κ2) is 7.31. The molecular formula is C18H15BrN2O3. The lowest BCUT2D eigenvalue weighted by molar-refractivity contribution is 0.104. The topological polar surface area (TPSA) is 57.3 Å². The molecule has 0 bridgehead atoms. The second-order valence-electron chi connectivity index (χ2n) is 5.12. The summed E-state index contributed by atoms with van der Waals surface area (Å²) in [6.07, 6.45) is 4.80. The number of benzene rings is 1. The Bertz CT molecular complexity index is 880. The van der Waals surface area contributed by atoms with Gasteiger partial charge < -0.3 is 9.15 Å². The molecule has 0 N–H and O–H groups in total. The molecule has 6 heteroatoms. The van der Waals surface area contributed by atoms with E-state index in [0.717, 1.165) is 10.2 Å². The van der Waals surface area contributed by atoms with Gasteiger partial charge in [0.2, 0.25) is 5.78 Å². The van der Waals surface area contributed by atoms with Gasteiger partial charge in [0, 0.05) is 17.7 Å². The van der Waals surface area contributed by atoms with Gasteiger partial charge in [0.25, 0.3) is 0 Å². The van der Waals surface area contributed by atoms with Crippen molar-refractivity contribution >= 4 is 27.8 Å². The molecule has 0 saturated heterocycles. The number of halogens is 1. The lowest BCUT2D eigenvalue weighted by Gasteiger charge is -2.03. The van der Waals surface area contributed by atoms with Gasteiger partial charge in [-0.05, 0) is 48.6 Å². The fourth-order valence-electron chi connectivity index (χ4n) is 2.06. The van der Waals surface area contributed by atoms with Crippen molar-refractivity contribution in [2.75, 3.05) is 0 Å². The molecule has 0 aliphatic heterocycles. The van der Waals surface area contributed by atoms with Crippen LogP contribution in [0.1, 0.15) is 22.0 Å². The van der Waals surface area contributed by atoms with E-state index in [4.69, 9.17) is 9.15 Å². The summed E-state index contributed by atoms with van der Waals surface area (Å²) < 4.78 is 13.8. The van der Waals surface area contributed by atoms with Crippen LogP contribution in [0.2, 0.25) is 0 Å². The van der Waals surface area contributed by atoms with E-state index >= 15 is 0 Å². The summed E-state index contributed by atoms with van der Waals surface area (Å²) in [5.41, 5.74) is 0.401. The number of hydrogen-bond acceptors (Lipinski definition) is 4. The Kier molecular flexibility index (Phi) is 4.96. The molecule has 24 heavy (non-hydrogen) atoms. The Morgan fingerprint density at radius 1 is 1.33 bits per heavy atom. The summed E-state index contributed by atoms with van der Waals surface area (Å²) in [6, 6.07) is 12.9. The number of rotatable bonds is 6. The minimum absolute atomic E-state index is 0.168. The monoisotopic (exact) mass is 386 g/mol. The molecule has 3 aromatic rings. The number of aryl methyl sites for hydroxylation is 1. The van der Waals surface area contributed by atoms with E-state index in [1.54, 1.807) is 36.1 Å². The van der Waals surface area contributed by atoms with Crippen molar-refractivity contribution in [2.45, 2.75) is 6.61 Å². The predicted octanol–water partition coefficient (Wildman–Crippen LogP) is 4.25. The van der Waals surface area contributed by atoms with Crippen molar-refractivity contribution in [3.05, 3.63) is 76.4 Å². The maximum absolute atomic E-state index is 11.9. The standard InChI is InChI=1S/C18H15BrN2O3/c1-21-10-9-17(20-21)18(22)8-7-14-5-6-16(24-14)12-23-15-4-2-3-13(19)11-15/h2-11H,12H2,1H3. The quantitative estimate of drug-likeness (QED) is 0.469. The van der Waals surface area contributed by atoms with Gasteiger partial charge in [0.1, 0.15) is 29.6 Å². The van der Waals surface area contributed by atoms with Crippen LogP contribution < -0.4 is 4.74 Å². The zero-order valence-electron chi connectivity index (χ0n) is 13.0. The van der Waals surface area contributed by atoms with Crippen LogP contribution in [0.4, 0.5) is 0 Å². The van der Waals surface area contributed by atoms with Crippen LogP contribution in [0.3, 0.4) is 0 Å². The summed E-state index contributed by atoms with van der Waals surface area (Å²) in [7, 11) is 1.77. The van der Waals surface area contributed by atoms with Gasteiger partial charge >= 0.3 is 0 Å². The fourth-order valence-corrected chi connectivity index (χ4v) is 2.44. The van der Waals surface area contributed by atoms with Crippen LogP contribution in [-0.2, 0) is 13.7 Å². The highest BCUT2D eigenvalue weighted by Gasteiger charge is 2.06. The number of furan rings is 1. The summed E-state index contributed by atoms with van der Waals surface area (Å²) in [4.78, 5) is 11.9. The smallest absolute Gasteiger partial charge is 0.206 e. The first kappa shape index (κ1) is 16.3. The Morgan fingerprint density at radius 3 is 2.96 bits per heavy atom. The zero-order valence-corrected chi connectivity index (χ0v) is 14.6. The fraction of sp³-hybridized carbons (Fsp3) is 0.111. The molecule has 0 amide bonds. The van der Waals surface area contributed by atoms with Crippen LogP contribution in [-0.4, -0.2) is 15.6 Å². The maximum atomic E-state index is 11.9. The Labute approximate surface area is 147 Å². The Morgan fingerprint density at radius 2 is 2.21 bits per heavy atom. The SMILES string of the molecule is Cn1ccc(C(=O)C=Cc2ccc(COc3cccc(Br)c3)o2)n1. The van der Waals surface area contributed by atoms with Crippen molar-refractivity contribution in [3.8, 4) is 5.75 Å². The van der Waals surface area contributed by atoms with E-state index in [1.165, 1.54) is 6.08 Å². The van der Waals surface area contributed by atoms with Crippen molar-refractivity contribution < 1.29 is 13.9 Å². The molecule has 122 valence electrons. The first-order valence-corrected chi connectivity index (χ1v) is 8.08. The van der Waals surface area contributed by atoms with Crippen LogP contribution in [0.25, 0.3) is 6.08 Å². The third-order valence-electron chi connectivity index (χ3n) is 3.22. The molecule has 0 aliphatic rings. The van der Waals surface area contributed by atoms with E-state index in [-0.39, 0.29) is 5.78 Å². The minimum atomic E-state index is -0.168. The van der Waals surface area contributed by atoms with Gasteiger partial charge in [-0.1, -0.05) is 22.0 Å². The number of ketones is 1. The van der Waals surface area contributed by atoms with Gasteiger partial charge in [-0.15, -0.1) is 0 Å². The molecule has 0 saturated carbocycles. The molecule has 0 atom stereocenters. The molecule has 0 unspecified atom stereocenters. The normalized spacial score (nSPS) is 11.1. The van der Waals surface area contributed by atoms with Crippen molar-refractivity contribution in [1.82, 2.24) is 9.78 Å². The molecule has 2 heterocycles. The van der Waals surface area contributed by atoms with Crippen molar-refractivity contribution in [3.63, 3.8) is 0 Å². The zero-order chi connectivity index (χ0) is 16.9. The highest BCUT2D eigenvalue weighted by Crippen LogP contribution is 2.19. The van der Waals surface area contributed by atoms with Gasteiger partial charge in [0.05, 0.1) is 0 Å². The first-order valence-electron chi connectivity index (χ1n) is 7.29. The van der Waals surface area contributed by atoms with Crippen LogP contribution in [0, 0.1) is 0 Å². The number of nitrogens with zero attached hydrogens (tertiary/aromatic N) is 2. The summed E-state index contributed by atoms with van der Waals surface area (Å²) in [6.45, 7) is 0.318. The molecule has 0 spiro atoms. The molecule has 1 aromatic carbocycles. The molecule has 5 nitrogen and oxygen atoms in total. The highest BCUT2D eigenvalue weighted by molar-refractivity contribution is 9.10. The van der Waals surface area contributed by atoms with E-state index in [0.29, 0.717) is 23.8 Å². The first-order chi connectivity index (χ1) is 11.6. The molecule has 2 aromatic heterocycles. The van der Waals surface area contributed by atoms with E-state index < -0.39 is 0 Å². The van der Waals surface area contributed by atoms with Gasteiger partial charge in [-0.2, -0.15) is 5.10 Å². The summed E-state index contributed by atoms with van der Waals surface area (Å²) in [5, 5.41) is 4.06.